The topological polar surface area (TPSA) is 40.5 Å². The fourth-order valence-corrected chi connectivity index (χ4v) is 2.29. The summed E-state index contributed by atoms with van der Waals surface area (Å²) in [7, 11) is 2.06. The van der Waals surface area contributed by atoms with E-state index in [0.29, 0.717) is 0 Å². The van der Waals surface area contributed by atoms with Crippen molar-refractivity contribution in [2.24, 2.45) is 11.3 Å². The predicted octanol–water partition coefficient (Wildman–Crippen LogP) is 1.58. The standard InChI is InChI=1S/C11H19NO2/c1-12(7-9-3-2-4-9)8-11(5-6-11)10(13)14/h9H,2-8H2,1H3,(H,13,14). The third-order valence-corrected chi connectivity index (χ3v) is 3.67. The summed E-state index contributed by atoms with van der Waals surface area (Å²) in [5, 5.41) is 9.03. The van der Waals surface area contributed by atoms with Crippen LogP contribution >= 0.6 is 0 Å². The largest absolute Gasteiger partial charge is 0.481 e. The monoisotopic (exact) mass is 197 g/mol. The summed E-state index contributed by atoms with van der Waals surface area (Å²) in [5.74, 6) is 0.238. The first-order valence-electron chi connectivity index (χ1n) is 5.54. The zero-order chi connectivity index (χ0) is 10.2. The van der Waals surface area contributed by atoms with Crippen LogP contribution in [0.1, 0.15) is 32.1 Å². The van der Waals surface area contributed by atoms with Gasteiger partial charge in [0.2, 0.25) is 0 Å². The molecule has 3 nitrogen and oxygen atoms in total. The molecule has 0 atom stereocenters. The van der Waals surface area contributed by atoms with Crippen LogP contribution in [0.2, 0.25) is 0 Å². The molecule has 0 saturated heterocycles. The number of aliphatic carboxylic acids is 1. The predicted molar refractivity (Wildman–Crippen MR) is 54.1 cm³/mol. The minimum atomic E-state index is -0.599. The van der Waals surface area contributed by atoms with Crippen molar-refractivity contribution < 1.29 is 9.90 Å². The number of carbonyl (C=O) groups is 1. The first kappa shape index (κ1) is 9.97. The van der Waals surface area contributed by atoms with Crippen molar-refractivity contribution in [3.05, 3.63) is 0 Å². The van der Waals surface area contributed by atoms with Crippen LogP contribution in [-0.4, -0.2) is 36.1 Å². The molecule has 0 spiro atoms. The molecule has 0 amide bonds. The van der Waals surface area contributed by atoms with E-state index in [0.717, 1.165) is 31.8 Å². The van der Waals surface area contributed by atoms with Crippen LogP contribution in [0.3, 0.4) is 0 Å². The first-order valence-corrected chi connectivity index (χ1v) is 5.54. The first-order chi connectivity index (χ1) is 6.62. The molecule has 2 aliphatic carbocycles. The van der Waals surface area contributed by atoms with Crippen LogP contribution in [-0.2, 0) is 4.79 Å². The third kappa shape index (κ3) is 1.92. The van der Waals surface area contributed by atoms with Gasteiger partial charge in [0.05, 0.1) is 5.41 Å². The molecule has 0 heterocycles. The fraction of sp³-hybridized carbons (Fsp3) is 0.909. The average Bonchev–Trinajstić information content (AvgIpc) is 2.78. The highest BCUT2D eigenvalue weighted by atomic mass is 16.4. The molecule has 80 valence electrons. The Hall–Kier alpha value is -0.570. The molecule has 2 rings (SSSR count). The zero-order valence-corrected chi connectivity index (χ0v) is 8.83. The van der Waals surface area contributed by atoms with E-state index in [1.54, 1.807) is 0 Å². The summed E-state index contributed by atoms with van der Waals surface area (Å²) in [6.45, 7) is 1.84. The number of carboxylic acid groups (broad SMARTS) is 1. The van der Waals surface area contributed by atoms with E-state index in [-0.39, 0.29) is 5.41 Å². The Morgan fingerprint density at radius 2 is 2.14 bits per heavy atom. The number of nitrogens with zero attached hydrogens (tertiary/aromatic N) is 1. The van der Waals surface area contributed by atoms with Gasteiger partial charge in [-0.1, -0.05) is 6.42 Å². The van der Waals surface area contributed by atoms with Crippen molar-refractivity contribution in [1.82, 2.24) is 4.90 Å². The maximum atomic E-state index is 11.0. The van der Waals surface area contributed by atoms with Gasteiger partial charge in [-0.15, -0.1) is 0 Å². The molecule has 0 radical (unpaired) electrons. The van der Waals surface area contributed by atoms with E-state index in [1.807, 2.05) is 0 Å². The van der Waals surface area contributed by atoms with Crippen LogP contribution in [0.25, 0.3) is 0 Å². The number of hydrogen-bond acceptors (Lipinski definition) is 2. The molecule has 0 aromatic rings. The quantitative estimate of drug-likeness (QED) is 0.727. The van der Waals surface area contributed by atoms with Gasteiger partial charge in [-0.3, -0.25) is 4.79 Å². The van der Waals surface area contributed by atoms with Crippen molar-refractivity contribution in [3.8, 4) is 0 Å². The normalized spacial score (nSPS) is 24.7. The average molecular weight is 197 g/mol. The smallest absolute Gasteiger partial charge is 0.310 e. The lowest BCUT2D eigenvalue weighted by Crippen LogP contribution is -2.36. The lowest BCUT2D eigenvalue weighted by molar-refractivity contribution is -0.144. The van der Waals surface area contributed by atoms with Gasteiger partial charge in [-0.25, -0.2) is 0 Å². The van der Waals surface area contributed by atoms with Crippen molar-refractivity contribution in [3.63, 3.8) is 0 Å². The molecular weight excluding hydrogens is 178 g/mol. The van der Waals surface area contributed by atoms with E-state index in [1.165, 1.54) is 19.3 Å². The molecule has 3 heteroatoms. The van der Waals surface area contributed by atoms with Crippen LogP contribution < -0.4 is 0 Å². The summed E-state index contributed by atoms with van der Waals surface area (Å²) in [4.78, 5) is 13.2. The number of hydrogen-bond donors (Lipinski definition) is 1. The second-order valence-corrected chi connectivity index (χ2v) is 5.08. The van der Waals surface area contributed by atoms with Crippen molar-refractivity contribution in [1.29, 1.82) is 0 Å². The SMILES string of the molecule is CN(CC1CCC1)CC1(C(=O)O)CC1. The van der Waals surface area contributed by atoms with Gasteiger partial charge < -0.3 is 10.0 Å². The van der Waals surface area contributed by atoms with Crippen LogP contribution in [0.15, 0.2) is 0 Å². The summed E-state index contributed by atoms with van der Waals surface area (Å²) < 4.78 is 0. The Morgan fingerprint density at radius 1 is 1.50 bits per heavy atom. The van der Waals surface area contributed by atoms with Gasteiger partial charge in [0.15, 0.2) is 0 Å². The van der Waals surface area contributed by atoms with Crippen LogP contribution in [0.4, 0.5) is 0 Å². The Morgan fingerprint density at radius 3 is 2.50 bits per heavy atom. The highest BCUT2D eigenvalue weighted by Crippen LogP contribution is 2.46. The Labute approximate surface area is 85.1 Å². The fourth-order valence-electron chi connectivity index (χ4n) is 2.29. The van der Waals surface area contributed by atoms with Gasteiger partial charge in [0, 0.05) is 13.1 Å². The third-order valence-electron chi connectivity index (χ3n) is 3.67. The molecule has 2 fully saturated rings. The molecule has 0 aliphatic heterocycles. The van der Waals surface area contributed by atoms with E-state index in [9.17, 15) is 4.79 Å². The highest BCUT2D eigenvalue weighted by Gasteiger charge is 2.50. The molecule has 14 heavy (non-hydrogen) atoms. The molecule has 2 aliphatic rings. The van der Waals surface area contributed by atoms with E-state index in [2.05, 4.69) is 11.9 Å². The van der Waals surface area contributed by atoms with E-state index >= 15 is 0 Å². The molecule has 1 N–H and O–H groups in total. The van der Waals surface area contributed by atoms with Crippen LogP contribution in [0.5, 0.6) is 0 Å². The van der Waals surface area contributed by atoms with Gasteiger partial charge in [-0.05, 0) is 38.6 Å². The van der Waals surface area contributed by atoms with Crippen molar-refractivity contribution >= 4 is 5.97 Å². The summed E-state index contributed by atoms with van der Waals surface area (Å²) in [6.07, 6.45) is 5.78. The number of rotatable bonds is 5. The highest BCUT2D eigenvalue weighted by molar-refractivity contribution is 5.78. The second kappa shape index (κ2) is 3.54. The molecule has 0 bridgehead atoms. The maximum absolute atomic E-state index is 11.0. The summed E-state index contributed by atoms with van der Waals surface area (Å²) in [6, 6.07) is 0. The Bertz CT molecular complexity index is 231. The van der Waals surface area contributed by atoms with Gasteiger partial charge >= 0.3 is 5.97 Å². The van der Waals surface area contributed by atoms with E-state index < -0.39 is 5.97 Å². The molecule has 0 unspecified atom stereocenters. The number of carboxylic acids is 1. The lowest BCUT2D eigenvalue weighted by Gasteiger charge is -2.31. The van der Waals surface area contributed by atoms with Gasteiger partial charge in [0.1, 0.15) is 0 Å². The Balaban J connectivity index is 1.76. The summed E-state index contributed by atoms with van der Waals surface area (Å²) in [5.41, 5.74) is -0.376. The molecule has 0 aromatic carbocycles. The lowest BCUT2D eigenvalue weighted by atomic mass is 9.85. The molecule has 0 aromatic heterocycles. The zero-order valence-electron chi connectivity index (χ0n) is 8.83. The minimum Gasteiger partial charge on any atom is -0.481 e. The van der Waals surface area contributed by atoms with E-state index in [4.69, 9.17) is 5.11 Å². The van der Waals surface area contributed by atoms with Gasteiger partial charge in [0.25, 0.3) is 0 Å². The second-order valence-electron chi connectivity index (χ2n) is 5.08. The summed E-state index contributed by atoms with van der Waals surface area (Å²) >= 11 is 0. The van der Waals surface area contributed by atoms with Crippen LogP contribution in [0, 0.1) is 11.3 Å². The Kier molecular flexibility index (Phi) is 2.52. The molecular formula is C11H19NO2. The van der Waals surface area contributed by atoms with Crippen molar-refractivity contribution in [2.45, 2.75) is 32.1 Å². The van der Waals surface area contributed by atoms with Crippen molar-refractivity contribution in [2.75, 3.05) is 20.1 Å². The van der Waals surface area contributed by atoms with Gasteiger partial charge in [-0.2, -0.15) is 0 Å². The maximum Gasteiger partial charge on any atom is 0.310 e. The molecule has 2 saturated carbocycles. The minimum absolute atomic E-state index is 0.376.